The highest BCUT2D eigenvalue weighted by molar-refractivity contribution is 5.90. The number of hydrogen-bond donors (Lipinski definition) is 0. The zero-order valence-electron chi connectivity index (χ0n) is 11.2. The fourth-order valence-corrected chi connectivity index (χ4v) is 1.69. The lowest BCUT2D eigenvalue weighted by Crippen LogP contribution is -2.22. The zero-order valence-corrected chi connectivity index (χ0v) is 11.2. The van der Waals surface area contributed by atoms with Gasteiger partial charge in [0.1, 0.15) is 12.4 Å². The van der Waals surface area contributed by atoms with E-state index in [1.165, 1.54) is 0 Å². The van der Waals surface area contributed by atoms with Gasteiger partial charge in [-0.1, -0.05) is 30.3 Å². The molecular weight excluding hydrogens is 238 g/mol. The topological polar surface area (TPSA) is 29.5 Å². The van der Waals surface area contributed by atoms with Gasteiger partial charge in [0.25, 0.3) is 0 Å². The van der Waals surface area contributed by atoms with Gasteiger partial charge in [0.2, 0.25) is 5.91 Å². The molecule has 3 nitrogen and oxygen atoms in total. The van der Waals surface area contributed by atoms with Gasteiger partial charge in [-0.25, -0.2) is 0 Å². The van der Waals surface area contributed by atoms with Crippen LogP contribution in [0.4, 0.5) is 5.69 Å². The molecular formula is C16H17NO2. The van der Waals surface area contributed by atoms with E-state index >= 15 is 0 Å². The average Bonchev–Trinajstić information content (AvgIpc) is 2.46. The van der Waals surface area contributed by atoms with Crippen LogP contribution >= 0.6 is 0 Å². The Balaban J connectivity index is 1.97. The van der Waals surface area contributed by atoms with Crippen LogP contribution in [0.5, 0.6) is 5.75 Å². The summed E-state index contributed by atoms with van der Waals surface area (Å²) in [5.74, 6) is 0.808. The van der Waals surface area contributed by atoms with Crippen LogP contribution in [0.3, 0.4) is 0 Å². The highest BCUT2D eigenvalue weighted by atomic mass is 16.5. The second kappa shape index (κ2) is 6.05. The largest absolute Gasteiger partial charge is 0.489 e. The van der Waals surface area contributed by atoms with Crippen molar-refractivity contribution in [2.75, 3.05) is 11.9 Å². The third-order valence-corrected chi connectivity index (χ3v) is 2.94. The van der Waals surface area contributed by atoms with Crippen molar-refractivity contribution in [2.24, 2.45) is 0 Å². The van der Waals surface area contributed by atoms with Crippen LogP contribution in [-0.4, -0.2) is 13.0 Å². The number of amides is 1. The maximum Gasteiger partial charge on any atom is 0.223 e. The monoisotopic (exact) mass is 255 g/mol. The summed E-state index contributed by atoms with van der Waals surface area (Å²) >= 11 is 0. The lowest BCUT2D eigenvalue weighted by atomic mass is 10.2. The van der Waals surface area contributed by atoms with Crippen molar-refractivity contribution in [1.82, 2.24) is 0 Å². The van der Waals surface area contributed by atoms with E-state index in [0.29, 0.717) is 6.61 Å². The first-order valence-corrected chi connectivity index (χ1v) is 6.18. The van der Waals surface area contributed by atoms with Gasteiger partial charge in [-0.15, -0.1) is 0 Å². The van der Waals surface area contributed by atoms with Gasteiger partial charge in [-0.2, -0.15) is 0 Å². The summed E-state index contributed by atoms with van der Waals surface area (Å²) in [5.41, 5.74) is 1.99. The van der Waals surface area contributed by atoms with E-state index in [1.54, 1.807) is 18.9 Å². The minimum atomic E-state index is 0.0120. The van der Waals surface area contributed by atoms with Gasteiger partial charge in [0.05, 0.1) is 0 Å². The molecule has 0 aliphatic rings. The van der Waals surface area contributed by atoms with E-state index < -0.39 is 0 Å². The third kappa shape index (κ3) is 3.58. The second-order valence-corrected chi connectivity index (χ2v) is 4.35. The van der Waals surface area contributed by atoms with Crippen LogP contribution in [-0.2, 0) is 11.4 Å². The molecule has 0 fully saturated rings. The van der Waals surface area contributed by atoms with Gasteiger partial charge in [0, 0.05) is 19.7 Å². The Kier molecular flexibility index (Phi) is 4.18. The highest BCUT2D eigenvalue weighted by Crippen LogP contribution is 2.19. The average molecular weight is 255 g/mol. The lowest BCUT2D eigenvalue weighted by Gasteiger charge is -2.15. The van der Waals surface area contributed by atoms with Gasteiger partial charge in [-0.05, 0) is 29.8 Å². The summed E-state index contributed by atoms with van der Waals surface area (Å²) < 4.78 is 5.68. The number of anilines is 1. The Morgan fingerprint density at radius 2 is 1.68 bits per heavy atom. The number of benzene rings is 2. The zero-order chi connectivity index (χ0) is 13.7. The molecule has 0 aliphatic heterocycles. The molecule has 0 aromatic heterocycles. The number of hydrogen-bond acceptors (Lipinski definition) is 2. The summed E-state index contributed by atoms with van der Waals surface area (Å²) in [4.78, 5) is 12.8. The van der Waals surface area contributed by atoms with E-state index in [0.717, 1.165) is 17.0 Å². The Bertz CT molecular complexity index is 534. The van der Waals surface area contributed by atoms with Crippen molar-refractivity contribution < 1.29 is 9.53 Å². The van der Waals surface area contributed by atoms with Crippen LogP contribution in [0, 0.1) is 0 Å². The second-order valence-electron chi connectivity index (χ2n) is 4.35. The van der Waals surface area contributed by atoms with Gasteiger partial charge in [-0.3, -0.25) is 4.79 Å². The standard InChI is InChI=1S/C16H17NO2/c1-13(18)17(2)15-8-10-16(11-9-15)19-12-14-6-4-3-5-7-14/h3-11H,12H2,1-2H3. The Labute approximate surface area is 113 Å². The summed E-state index contributed by atoms with van der Waals surface area (Å²) in [6, 6.07) is 17.5. The van der Waals surface area contributed by atoms with E-state index in [-0.39, 0.29) is 5.91 Å². The van der Waals surface area contributed by atoms with Crippen LogP contribution in [0.25, 0.3) is 0 Å². The molecule has 0 aliphatic carbocycles. The maximum absolute atomic E-state index is 11.2. The predicted molar refractivity (Wildman–Crippen MR) is 76.3 cm³/mol. The molecule has 0 unspecified atom stereocenters. The molecule has 2 rings (SSSR count). The maximum atomic E-state index is 11.2. The van der Waals surface area contributed by atoms with Gasteiger partial charge in [0.15, 0.2) is 0 Å². The molecule has 0 spiro atoms. The molecule has 0 heterocycles. The predicted octanol–water partition coefficient (Wildman–Crippen LogP) is 3.25. The van der Waals surface area contributed by atoms with Crippen molar-refractivity contribution in [3.05, 3.63) is 60.2 Å². The van der Waals surface area contributed by atoms with Crippen molar-refractivity contribution in [2.45, 2.75) is 13.5 Å². The van der Waals surface area contributed by atoms with Crippen LogP contribution in [0.1, 0.15) is 12.5 Å². The third-order valence-electron chi connectivity index (χ3n) is 2.94. The van der Waals surface area contributed by atoms with Crippen LogP contribution in [0.15, 0.2) is 54.6 Å². The first-order chi connectivity index (χ1) is 9.16. The molecule has 0 atom stereocenters. The summed E-state index contributed by atoms with van der Waals surface area (Å²) in [5, 5.41) is 0. The molecule has 2 aromatic carbocycles. The number of rotatable bonds is 4. The molecule has 0 radical (unpaired) electrons. The highest BCUT2D eigenvalue weighted by Gasteiger charge is 2.05. The SMILES string of the molecule is CC(=O)N(C)c1ccc(OCc2ccccc2)cc1. The molecule has 19 heavy (non-hydrogen) atoms. The molecule has 3 heteroatoms. The van der Waals surface area contributed by atoms with E-state index in [4.69, 9.17) is 4.74 Å². The number of carbonyl (C=O) groups excluding carboxylic acids is 1. The Morgan fingerprint density at radius 3 is 2.26 bits per heavy atom. The van der Waals surface area contributed by atoms with E-state index in [9.17, 15) is 4.79 Å². The first kappa shape index (κ1) is 13.1. The van der Waals surface area contributed by atoms with Crippen LogP contribution in [0.2, 0.25) is 0 Å². The number of carbonyl (C=O) groups is 1. The quantitative estimate of drug-likeness (QED) is 0.839. The summed E-state index contributed by atoms with van der Waals surface area (Å²) in [7, 11) is 1.75. The molecule has 1 amide bonds. The molecule has 0 saturated carbocycles. The smallest absolute Gasteiger partial charge is 0.223 e. The minimum Gasteiger partial charge on any atom is -0.489 e. The molecule has 0 bridgehead atoms. The summed E-state index contributed by atoms with van der Waals surface area (Å²) in [6.07, 6.45) is 0. The molecule has 2 aromatic rings. The number of ether oxygens (including phenoxy) is 1. The molecule has 0 saturated heterocycles. The van der Waals surface area contributed by atoms with Crippen LogP contribution < -0.4 is 9.64 Å². The van der Waals surface area contributed by atoms with Crippen molar-refractivity contribution in [3.8, 4) is 5.75 Å². The van der Waals surface area contributed by atoms with E-state index in [2.05, 4.69) is 0 Å². The normalized spacial score (nSPS) is 10.0. The Hall–Kier alpha value is -2.29. The van der Waals surface area contributed by atoms with Crippen molar-refractivity contribution in [3.63, 3.8) is 0 Å². The van der Waals surface area contributed by atoms with E-state index in [1.807, 2.05) is 54.6 Å². The first-order valence-electron chi connectivity index (χ1n) is 6.18. The van der Waals surface area contributed by atoms with Crippen molar-refractivity contribution >= 4 is 11.6 Å². The Morgan fingerprint density at radius 1 is 1.05 bits per heavy atom. The molecule has 0 N–H and O–H groups in total. The fraction of sp³-hybridized carbons (Fsp3) is 0.188. The van der Waals surface area contributed by atoms with Gasteiger partial charge >= 0.3 is 0 Å². The fourth-order valence-electron chi connectivity index (χ4n) is 1.69. The minimum absolute atomic E-state index is 0.0120. The van der Waals surface area contributed by atoms with Crippen molar-refractivity contribution in [1.29, 1.82) is 0 Å². The van der Waals surface area contributed by atoms with Gasteiger partial charge < -0.3 is 9.64 Å². The summed E-state index contributed by atoms with van der Waals surface area (Å²) in [6.45, 7) is 2.09. The lowest BCUT2D eigenvalue weighted by molar-refractivity contribution is -0.116. The number of nitrogens with zero attached hydrogens (tertiary/aromatic N) is 1. The molecule has 98 valence electrons.